The molecule has 0 saturated carbocycles. The number of aryl methyl sites for hydroxylation is 4. The van der Waals surface area contributed by atoms with Gasteiger partial charge in [0.25, 0.3) is 0 Å². The van der Waals surface area contributed by atoms with E-state index in [0.717, 1.165) is 0 Å². The van der Waals surface area contributed by atoms with Crippen molar-refractivity contribution in [2.45, 2.75) is 310 Å². The highest BCUT2D eigenvalue weighted by atomic mass is 14.2. The Morgan fingerprint density at radius 1 is 0.167 bits per heavy atom. The maximum Gasteiger partial charge on any atom is -0.00988 e. The molecule has 0 heterocycles. The van der Waals surface area contributed by atoms with Gasteiger partial charge in [0.1, 0.15) is 0 Å². The van der Waals surface area contributed by atoms with Gasteiger partial charge in [-0.15, -0.1) is 0 Å². The highest BCUT2D eigenvalue weighted by molar-refractivity contribution is 5.95. The van der Waals surface area contributed by atoms with E-state index in [1.165, 1.54) is 349 Å². The molecule has 0 aliphatic carbocycles. The first-order valence-electron chi connectivity index (χ1n) is 34.2. The van der Waals surface area contributed by atoms with E-state index >= 15 is 0 Å². The molecule has 0 N–H and O–H groups in total. The molecule has 0 saturated heterocycles. The van der Waals surface area contributed by atoms with Gasteiger partial charge in [0.15, 0.2) is 0 Å². The van der Waals surface area contributed by atoms with Crippen LogP contribution in [0.5, 0.6) is 0 Å². The normalized spacial score (nSPS) is 11.5. The first-order valence-corrected chi connectivity index (χ1v) is 34.2. The smallest absolute Gasteiger partial charge is 0.00988 e. The number of benzene rings is 5. The molecule has 0 fully saturated rings. The molecule has 78 heavy (non-hydrogen) atoms. The summed E-state index contributed by atoms with van der Waals surface area (Å²) in [5.74, 6) is 0. The van der Waals surface area contributed by atoms with E-state index in [4.69, 9.17) is 0 Å². The molecule has 0 radical (unpaired) electrons. The van der Waals surface area contributed by atoms with Crippen LogP contribution < -0.4 is 0 Å². The van der Waals surface area contributed by atoms with Crippen molar-refractivity contribution in [2.24, 2.45) is 0 Å². The fraction of sp³-hybridized carbons (Fsp3) is 0.615. The van der Waals surface area contributed by atoms with Crippen molar-refractivity contribution in [1.29, 1.82) is 0 Å². The van der Waals surface area contributed by atoms with Gasteiger partial charge in [-0.1, -0.05) is 356 Å². The van der Waals surface area contributed by atoms with Crippen LogP contribution in [0.3, 0.4) is 0 Å². The molecule has 0 heteroatoms. The Hall–Kier alpha value is -3.90. The summed E-state index contributed by atoms with van der Waals surface area (Å²) < 4.78 is 0. The topological polar surface area (TPSA) is 0 Å². The summed E-state index contributed by atoms with van der Waals surface area (Å²) >= 11 is 0. The lowest BCUT2D eigenvalue weighted by Gasteiger charge is -2.19. The van der Waals surface area contributed by atoms with Crippen LogP contribution in [0.25, 0.3) is 44.5 Å². The van der Waals surface area contributed by atoms with Crippen molar-refractivity contribution < 1.29 is 0 Å². The van der Waals surface area contributed by atoms with Gasteiger partial charge in [0, 0.05) is 0 Å². The summed E-state index contributed by atoms with van der Waals surface area (Å²) in [6, 6.07) is 44.1. The highest BCUT2D eigenvalue weighted by Gasteiger charge is 2.17. The third-order valence-corrected chi connectivity index (χ3v) is 17.5. The van der Waals surface area contributed by atoms with Crippen molar-refractivity contribution in [3.05, 3.63) is 131 Å². The summed E-state index contributed by atoms with van der Waals surface area (Å²) in [5, 5.41) is 0. The lowest BCUT2D eigenvalue weighted by Crippen LogP contribution is -1.95. The Balaban J connectivity index is 1.35. The van der Waals surface area contributed by atoms with Crippen LogP contribution in [-0.2, 0) is 25.7 Å². The molecule has 430 valence electrons. The predicted molar refractivity (Wildman–Crippen MR) is 350 cm³/mol. The van der Waals surface area contributed by atoms with Gasteiger partial charge < -0.3 is 0 Å². The minimum atomic E-state index is 1.18. The molecule has 0 unspecified atom stereocenters. The van der Waals surface area contributed by atoms with Gasteiger partial charge in [-0.3, -0.25) is 0 Å². The molecule has 0 bridgehead atoms. The van der Waals surface area contributed by atoms with Crippen molar-refractivity contribution in [3.63, 3.8) is 0 Å². The van der Waals surface area contributed by atoms with E-state index < -0.39 is 0 Å². The van der Waals surface area contributed by atoms with Crippen LogP contribution in [0.1, 0.15) is 307 Å². The largest absolute Gasteiger partial charge is 0.0654 e. The zero-order valence-corrected chi connectivity index (χ0v) is 51.5. The molecule has 5 aromatic carbocycles. The molecule has 0 amide bonds. The lowest BCUT2D eigenvalue weighted by molar-refractivity contribution is 0.556. The zero-order chi connectivity index (χ0) is 54.8. The second-order valence-corrected chi connectivity index (χ2v) is 24.5. The van der Waals surface area contributed by atoms with E-state index in [0.29, 0.717) is 0 Å². The average molecular weight is 1060 g/mol. The summed E-state index contributed by atoms with van der Waals surface area (Å²) in [5.41, 5.74) is 16.6. The van der Waals surface area contributed by atoms with Crippen LogP contribution in [0.2, 0.25) is 0 Å². The van der Waals surface area contributed by atoms with Gasteiger partial charge in [-0.25, -0.2) is 0 Å². The Labute approximate surface area is 483 Å². The van der Waals surface area contributed by atoms with Crippen LogP contribution >= 0.6 is 0 Å². The van der Waals surface area contributed by atoms with Crippen molar-refractivity contribution in [1.82, 2.24) is 0 Å². The maximum absolute atomic E-state index is 2.56. The fourth-order valence-electron chi connectivity index (χ4n) is 12.2. The summed E-state index contributed by atoms with van der Waals surface area (Å²) in [6.45, 7) is 9.26. The highest BCUT2D eigenvalue weighted by Crippen LogP contribution is 2.43. The summed E-state index contributed by atoms with van der Waals surface area (Å²) in [7, 11) is 0. The monoisotopic (exact) mass is 1050 g/mol. The molecule has 0 aromatic heterocycles. The lowest BCUT2D eigenvalue weighted by atomic mass is 9.84. The molecular formula is C78H118. The second-order valence-electron chi connectivity index (χ2n) is 24.5. The van der Waals surface area contributed by atoms with Gasteiger partial charge in [-0.05, 0) is 130 Å². The van der Waals surface area contributed by atoms with E-state index in [2.05, 4.69) is 137 Å². The zero-order valence-electron chi connectivity index (χ0n) is 51.5. The third kappa shape index (κ3) is 27.0. The average Bonchev–Trinajstić information content (AvgIpc) is 3.55. The van der Waals surface area contributed by atoms with Crippen LogP contribution in [0, 0.1) is 0 Å². The number of rotatable bonds is 48. The molecule has 0 spiro atoms. The predicted octanol–water partition coefficient (Wildman–Crippen LogP) is 26.2. The van der Waals surface area contributed by atoms with Crippen LogP contribution in [0.15, 0.2) is 109 Å². The summed E-state index contributed by atoms with van der Waals surface area (Å²) in [4.78, 5) is 0. The second kappa shape index (κ2) is 42.9. The van der Waals surface area contributed by atoms with Crippen molar-refractivity contribution >= 4 is 0 Å². The fourth-order valence-corrected chi connectivity index (χ4v) is 12.2. The molecule has 0 atom stereocenters. The van der Waals surface area contributed by atoms with Crippen molar-refractivity contribution in [2.75, 3.05) is 0 Å². The van der Waals surface area contributed by atoms with Crippen LogP contribution in [-0.4, -0.2) is 0 Å². The van der Waals surface area contributed by atoms with Crippen molar-refractivity contribution in [3.8, 4) is 44.5 Å². The minimum absolute atomic E-state index is 1.18. The standard InChI is InChI=1S/C78H118/c1-5-9-13-17-21-25-29-33-37-41-45-67-49-57-71(58-50-67)75-65-77(73-61-53-69(54-62-73)47-43-39-35-31-27-23-19-15-11-7-3)78(74-63-55-70(56-64-74)48-44-40-36-32-28-24-20-16-12-8-4)66-76(75)72-59-51-68(52-60-72)46-42-38-34-30-26-22-18-14-10-6-2/h49-66H,5-48H2,1-4H3. The Morgan fingerprint density at radius 2 is 0.308 bits per heavy atom. The van der Waals surface area contributed by atoms with E-state index in [-0.39, 0.29) is 0 Å². The SMILES string of the molecule is CCCCCCCCCCCCc1ccc(-c2cc(-c3ccc(CCCCCCCCCCCC)cc3)c(-c3ccc(CCCCCCCCCCCC)cc3)cc2-c2ccc(CCCCCCCCCCCC)cc2)cc1. The number of unbranched alkanes of at least 4 members (excludes halogenated alkanes) is 36. The van der Waals surface area contributed by atoms with E-state index in [9.17, 15) is 0 Å². The number of hydrogen-bond acceptors (Lipinski definition) is 0. The van der Waals surface area contributed by atoms with Gasteiger partial charge in [-0.2, -0.15) is 0 Å². The Morgan fingerprint density at radius 3 is 0.462 bits per heavy atom. The molecule has 0 nitrogen and oxygen atoms in total. The van der Waals surface area contributed by atoms with E-state index in [1.807, 2.05) is 0 Å². The maximum atomic E-state index is 2.56. The molecular weight excluding hydrogens is 937 g/mol. The number of hydrogen-bond donors (Lipinski definition) is 0. The summed E-state index contributed by atoms with van der Waals surface area (Å²) in [6.07, 6.45) is 60.1. The molecule has 0 aliphatic heterocycles. The molecule has 5 aromatic rings. The van der Waals surface area contributed by atoms with Crippen LogP contribution in [0.4, 0.5) is 0 Å². The first kappa shape index (κ1) is 64.9. The Bertz CT molecular complexity index is 1860. The molecule has 0 aliphatic rings. The third-order valence-electron chi connectivity index (χ3n) is 17.5. The van der Waals surface area contributed by atoms with Gasteiger partial charge in [0.2, 0.25) is 0 Å². The van der Waals surface area contributed by atoms with Gasteiger partial charge in [0.05, 0.1) is 0 Å². The quantitative estimate of drug-likeness (QED) is 0.0341. The van der Waals surface area contributed by atoms with Gasteiger partial charge >= 0.3 is 0 Å². The minimum Gasteiger partial charge on any atom is -0.0654 e. The first-order chi connectivity index (χ1) is 38.6. The van der Waals surface area contributed by atoms with E-state index in [1.54, 1.807) is 0 Å². The Kier molecular flexibility index (Phi) is 35.7. The molecule has 5 rings (SSSR count).